The van der Waals surface area contributed by atoms with Crippen molar-refractivity contribution in [3.05, 3.63) is 11.6 Å². The molecule has 0 unspecified atom stereocenters. The van der Waals surface area contributed by atoms with Crippen molar-refractivity contribution in [2.45, 2.75) is 39.7 Å². The molecule has 0 aliphatic rings. The molecule has 0 saturated heterocycles. The van der Waals surface area contributed by atoms with Crippen LogP contribution in [0, 0.1) is 6.92 Å². The van der Waals surface area contributed by atoms with E-state index < -0.39 is 0 Å². The molecular formula is C14H29IN6O. The quantitative estimate of drug-likeness (QED) is 0.273. The summed E-state index contributed by atoms with van der Waals surface area (Å²) in [7, 11) is 3.67. The van der Waals surface area contributed by atoms with Gasteiger partial charge in [-0.05, 0) is 19.8 Å². The molecule has 8 heteroatoms. The number of hydrogen-bond donors (Lipinski definition) is 2. The van der Waals surface area contributed by atoms with E-state index in [0.717, 1.165) is 56.6 Å². The minimum atomic E-state index is 0. The summed E-state index contributed by atoms with van der Waals surface area (Å²) in [6.07, 6.45) is 3.24. The van der Waals surface area contributed by atoms with E-state index in [0.29, 0.717) is 6.54 Å². The second-order valence-corrected chi connectivity index (χ2v) is 4.94. The highest BCUT2D eigenvalue weighted by Gasteiger charge is 2.04. The summed E-state index contributed by atoms with van der Waals surface area (Å²) in [6.45, 7) is 7.13. The van der Waals surface area contributed by atoms with Crippen LogP contribution in [0.1, 0.15) is 37.8 Å². The Hall–Kier alpha value is -0.900. The molecule has 0 fully saturated rings. The third-order valence-electron chi connectivity index (χ3n) is 3.20. The molecule has 0 aromatic carbocycles. The highest BCUT2D eigenvalue weighted by atomic mass is 127. The zero-order valence-corrected chi connectivity index (χ0v) is 16.4. The van der Waals surface area contributed by atoms with Gasteiger partial charge >= 0.3 is 0 Å². The van der Waals surface area contributed by atoms with Gasteiger partial charge in [-0.1, -0.05) is 13.3 Å². The van der Waals surface area contributed by atoms with Crippen LogP contribution in [0.5, 0.6) is 0 Å². The molecule has 0 atom stereocenters. The molecule has 128 valence electrons. The minimum Gasteiger partial charge on any atom is -0.385 e. The van der Waals surface area contributed by atoms with Gasteiger partial charge in [0.1, 0.15) is 12.4 Å². The number of aromatic nitrogens is 3. The summed E-state index contributed by atoms with van der Waals surface area (Å²) in [6, 6.07) is 0. The lowest BCUT2D eigenvalue weighted by Gasteiger charge is -2.12. The zero-order chi connectivity index (χ0) is 15.5. The maximum atomic E-state index is 5.05. The molecule has 1 aromatic heterocycles. The van der Waals surface area contributed by atoms with Crippen LogP contribution in [-0.4, -0.2) is 47.5 Å². The summed E-state index contributed by atoms with van der Waals surface area (Å²) in [5, 5.41) is 14.8. The molecule has 0 radical (unpaired) electrons. The highest BCUT2D eigenvalue weighted by molar-refractivity contribution is 14.0. The topological polar surface area (TPSA) is 76.4 Å². The maximum Gasteiger partial charge on any atom is 0.191 e. The van der Waals surface area contributed by atoms with Crippen LogP contribution in [0.3, 0.4) is 0 Å². The van der Waals surface area contributed by atoms with E-state index in [4.69, 9.17) is 4.74 Å². The van der Waals surface area contributed by atoms with Gasteiger partial charge in [0.15, 0.2) is 11.8 Å². The first-order valence-electron chi connectivity index (χ1n) is 7.55. The Kier molecular flexibility index (Phi) is 12.1. The average Bonchev–Trinajstić information content (AvgIpc) is 2.80. The fourth-order valence-electron chi connectivity index (χ4n) is 1.72. The van der Waals surface area contributed by atoms with Crippen molar-refractivity contribution >= 4 is 29.9 Å². The number of nitrogens with one attached hydrogen (secondary N) is 2. The van der Waals surface area contributed by atoms with Crippen molar-refractivity contribution in [1.82, 2.24) is 25.4 Å². The van der Waals surface area contributed by atoms with E-state index >= 15 is 0 Å². The van der Waals surface area contributed by atoms with Gasteiger partial charge in [0.2, 0.25) is 0 Å². The van der Waals surface area contributed by atoms with Gasteiger partial charge in [-0.3, -0.25) is 0 Å². The van der Waals surface area contributed by atoms with Gasteiger partial charge < -0.3 is 19.9 Å². The molecule has 0 bridgehead atoms. The highest BCUT2D eigenvalue weighted by Crippen LogP contribution is 1.99. The smallest absolute Gasteiger partial charge is 0.191 e. The number of aliphatic imine (C=N–C) groups is 1. The molecule has 0 aliphatic heterocycles. The number of halogens is 1. The van der Waals surface area contributed by atoms with E-state index in [1.807, 2.05) is 18.5 Å². The van der Waals surface area contributed by atoms with Gasteiger partial charge in [0.05, 0.1) is 0 Å². The standard InChI is InChI=1S/C14H28N6O.HI/c1-5-6-8-15-14(16-9-7-10-21-4)17-11-13-19-18-12(2)20(13)3;/h5-11H2,1-4H3,(H2,15,16,17);1H. The fraction of sp³-hybridized carbons (Fsp3) is 0.786. The Morgan fingerprint density at radius 2 is 1.91 bits per heavy atom. The van der Waals surface area contributed by atoms with Crippen LogP contribution < -0.4 is 10.6 Å². The zero-order valence-electron chi connectivity index (χ0n) is 14.1. The van der Waals surface area contributed by atoms with Crippen LogP contribution in [0.15, 0.2) is 4.99 Å². The number of nitrogens with zero attached hydrogens (tertiary/aromatic N) is 4. The van der Waals surface area contributed by atoms with Gasteiger partial charge in [0, 0.05) is 33.9 Å². The number of aryl methyl sites for hydroxylation is 1. The lowest BCUT2D eigenvalue weighted by Crippen LogP contribution is -2.38. The van der Waals surface area contributed by atoms with Crippen molar-refractivity contribution in [2.75, 3.05) is 26.8 Å². The average molecular weight is 424 g/mol. The van der Waals surface area contributed by atoms with Crippen LogP contribution in [0.25, 0.3) is 0 Å². The number of rotatable bonds is 9. The first-order valence-corrected chi connectivity index (χ1v) is 7.55. The van der Waals surface area contributed by atoms with Crippen molar-refractivity contribution in [2.24, 2.45) is 12.0 Å². The van der Waals surface area contributed by atoms with Crippen LogP contribution in [0.4, 0.5) is 0 Å². The molecular weight excluding hydrogens is 395 g/mol. The van der Waals surface area contributed by atoms with E-state index in [1.54, 1.807) is 7.11 Å². The predicted octanol–water partition coefficient (Wildman–Crippen LogP) is 1.61. The third kappa shape index (κ3) is 7.92. The van der Waals surface area contributed by atoms with Gasteiger partial charge in [-0.2, -0.15) is 0 Å². The van der Waals surface area contributed by atoms with Crippen molar-refractivity contribution in [3.63, 3.8) is 0 Å². The third-order valence-corrected chi connectivity index (χ3v) is 3.20. The Bertz CT molecular complexity index is 435. The Labute approximate surface area is 150 Å². The lowest BCUT2D eigenvalue weighted by molar-refractivity contribution is 0.195. The molecule has 1 heterocycles. The second kappa shape index (κ2) is 12.6. The Balaban J connectivity index is 0.00000441. The summed E-state index contributed by atoms with van der Waals surface area (Å²) < 4.78 is 7.00. The molecule has 22 heavy (non-hydrogen) atoms. The first-order chi connectivity index (χ1) is 10.2. The largest absolute Gasteiger partial charge is 0.385 e. The van der Waals surface area contributed by atoms with E-state index in [9.17, 15) is 0 Å². The number of hydrogen-bond acceptors (Lipinski definition) is 4. The van der Waals surface area contributed by atoms with E-state index in [2.05, 4.69) is 32.7 Å². The molecule has 7 nitrogen and oxygen atoms in total. The minimum absolute atomic E-state index is 0. The number of methoxy groups -OCH3 is 1. The van der Waals surface area contributed by atoms with Crippen molar-refractivity contribution in [3.8, 4) is 0 Å². The van der Waals surface area contributed by atoms with E-state index in [1.165, 1.54) is 0 Å². The van der Waals surface area contributed by atoms with Gasteiger partial charge in [-0.15, -0.1) is 34.2 Å². The molecule has 0 amide bonds. The number of guanidine groups is 1. The molecule has 1 aromatic rings. The molecule has 0 aliphatic carbocycles. The summed E-state index contributed by atoms with van der Waals surface area (Å²) in [5.41, 5.74) is 0. The van der Waals surface area contributed by atoms with E-state index in [-0.39, 0.29) is 24.0 Å². The van der Waals surface area contributed by atoms with Gasteiger partial charge in [-0.25, -0.2) is 4.99 Å². The second-order valence-electron chi connectivity index (χ2n) is 4.94. The summed E-state index contributed by atoms with van der Waals surface area (Å²) in [5.74, 6) is 2.58. The molecule has 0 saturated carbocycles. The normalized spacial score (nSPS) is 11.2. The van der Waals surface area contributed by atoms with Gasteiger partial charge in [0.25, 0.3) is 0 Å². The van der Waals surface area contributed by atoms with Crippen LogP contribution in [-0.2, 0) is 18.3 Å². The Morgan fingerprint density at radius 3 is 2.45 bits per heavy atom. The van der Waals surface area contributed by atoms with Crippen molar-refractivity contribution < 1.29 is 4.74 Å². The Morgan fingerprint density at radius 1 is 1.23 bits per heavy atom. The SMILES string of the molecule is CCCCNC(=NCc1nnc(C)n1C)NCCCOC.I. The van der Waals surface area contributed by atoms with Crippen molar-refractivity contribution in [1.29, 1.82) is 0 Å². The number of unbranched alkanes of at least 4 members (excludes halogenated alkanes) is 1. The van der Waals surface area contributed by atoms with Crippen LogP contribution in [0.2, 0.25) is 0 Å². The number of ether oxygens (including phenoxy) is 1. The molecule has 2 N–H and O–H groups in total. The molecule has 1 rings (SSSR count). The fourth-order valence-corrected chi connectivity index (χ4v) is 1.72. The summed E-state index contributed by atoms with van der Waals surface area (Å²) in [4.78, 5) is 4.57. The predicted molar refractivity (Wildman–Crippen MR) is 99.7 cm³/mol. The summed E-state index contributed by atoms with van der Waals surface area (Å²) >= 11 is 0. The monoisotopic (exact) mass is 424 g/mol. The first kappa shape index (κ1) is 21.1. The maximum absolute atomic E-state index is 5.05. The molecule has 0 spiro atoms. The lowest BCUT2D eigenvalue weighted by atomic mass is 10.3. The van der Waals surface area contributed by atoms with Crippen LogP contribution >= 0.6 is 24.0 Å².